The Morgan fingerprint density at radius 1 is 1.33 bits per heavy atom. The summed E-state index contributed by atoms with van der Waals surface area (Å²) in [6, 6.07) is 0. The number of anilines is 2. The number of carbonyl (C=O) groups excluding carboxylic acids is 1. The molecule has 1 saturated carbocycles. The van der Waals surface area contributed by atoms with Crippen molar-refractivity contribution in [1.82, 2.24) is 15.3 Å². The van der Waals surface area contributed by atoms with Crippen LogP contribution in [0, 0.1) is 11.8 Å². The number of rotatable bonds is 6. The molecule has 134 valence electrons. The van der Waals surface area contributed by atoms with Gasteiger partial charge in [-0.2, -0.15) is 0 Å². The Morgan fingerprint density at radius 3 is 2.62 bits per heavy atom. The average molecular weight is 354 g/mol. The van der Waals surface area contributed by atoms with Gasteiger partial charge >= 0.3 is 0 Å². The predicted octanol–water partition coefficient (Wildman–Crippen LogP) is 3.11. The topological polar surface area (TPSA) is 84.1 Å². The van der Waals surface area contributed by atoms with Crippen molar-refractivity contribution in [3.63, 3.8) is 0 Å². The lowest BCUT2D eigenvalue weighted by Crippen LogP contribution is -2.32. The van der Waals surface area contributed by atoms with Gasteiger partial charge in [0.05, 0.1) is 0 Å². The van der Waals surface area contributed by atoms with E-state index in [0.29, 0.717) is 24.2 Å². The van der Waals surface area contributed by atoms with Gasteiger partial charge in [-0.3, -0.25) is 4.79 Å². The summed E-state index contributed by atoms with van der Waals surface area (Å²) in [6.45, 7) is 5.65. The lowest BCUT2D eigenvalue weighted by Gasteiger charge is -2.23. The zero-order valence-corrected chi connectivity index (χ0v) is 15.6. The lowest BCUT2D eigenvalue weighted by molar-refractivity contribution is 0.0939. The number of nitrogens with two attached hydrogens (primary N) is 1. The van der Waals surface area contributed by atoms with Gasteiger partial charge in [0.15, 0.2) is 22.5 Å². The number of carbonyl (C=O) groups is 1. The van der Waals surface area contributed by atoms with Gasteiger partial charge in [0.2, 0.25) is 0 Å². The van der Waals surface area contributed by atoms with E-state index in [1.807, 2.05) is 11.9 Å². The Bertz CT molecular complexity index is 572. The van der Waals surface area contributed by atoms with E-state index in [1.165, 1.54) is 32.1 Å². The lowest BCUT2D eigenvalue weighted by atomic mass is 9.89. The first-order valence-electron chi connectivity index (χ1n) is 8.70. The molecule has 0 radical (unpaired) electrons. The van der Waals surface area contributed by atoms with Gasteiger partial charge in [0.25, 0.3) is 5.91 Å². The van der Waals surface area contributed by atoms with Crippen LogP contribution in [-0.2, 0) is 0 Å². The summed E-state index contributed by atoms with van der Waals surface area (Å²) in [4.78, 5) is 22.7. The molecular formula is C17H28ClN5O. The van der Waals surface area contributed by atoms with Crippen molar-refractivity contribution < 1.29 is 4.79 Å². The summed E-state index contributed by atoms with van der Waals surface area (Å²) >= 11 is 6.22. The molecule has 1 fully saturated rings. The van der Waals surface area contributed by atoms with Crippen molar-refractivity contribution in [2.45, 2.75) is 46.0 Å². The van der Waals surface area contributed by atoms with Crippen molar-refractivity contribution in [2.75, 3.05) is 30.8 Å². The van der Waals surface area contributed by atoms with Crippen LogP contribution in [0.4, 0.5) is 11.6 Å². The second-order valence-corrected chi connectivity index (χ2v) is 7.42. The number of hydrogen-bond donors (Lipinski definition) is 2. The minimum Gasteiger partial charge on any atom is -0.382 e. The summed E-state index contributed by atoms with van der Waals surface area (Å²) in [6.07, 6.45) is 6.11. The third-order valence-electron chi connectivity index (χ3n) is 4.36. The maximum Gasteiger partial charge on any atom is 0.273 e. The van der Waals surface area contributed by atoms with Gasteiger partial charge in [-0.25, -0.2) is 9.97 Å². The monoisotopic (exact) mass is 353 g/mol. The molecule has 1 aliphatic rings. The quantitative estimate of drug-likeness (QED) is 0.820. The highest BCUT2D eigenvalue weighted by Crippen LogP contribution is 2.25. The van der Waals surface area contributed by atoms with Crippen molar-refractivity contribution in [2.24, 2.45) is 11.8 Å². The van der Waals surface area contributed by atoms with E-state index in [4.69, 9.17) is 17.3 Å². The van der Waals surface area contributed by atoms with Gasteiger partial charge in [-0.15, -0.1) is 0 Å². The molecular weight excluding hydrogens is 326 g/mol. The summed E-state index contributed by atoms with van der Waals surface area (Å²) in [5.74, 6) is 1.32. The molecule has 1 aromatic heterocycles. The smallest absolute Gasteiger partial charge is 0.273 e. The Kier molecular flexibility index (Phi) is 6.66. The molecule has 0 aliphatic heterocycles. The molecule has 0 atom stereocenters. The maximum absolute atomic E-state index is 12.4. The fraction of sp³-hybridized carbons (Fsp3) is 0.706. The number of amides is 1. The number of hydrogen-bond acceptors (Lipinski definition) is 5. The third-order valence-corrected chi connectivity index (χ3v) is 4.61. The minimum absolute atomic E-state index is 0.109. The van der Waals surface area contributed by atoms with Crippen LogP contribution in [0.3, 0.4) is 0 Å². The second-order valence-electron chi connectivity index (χ2n) is 7.06. The molecule has 0 spiro atoms. The summed E-state index contributed by atoms with van der Waals surface area (Å²) < 4.78 is 0. The molecule has 24 heavy (non-hydrogen) atoms. The first-order valence-corrected chi connectivity index (χ1v) is 9.08. The van der Waals surface area contributed by atoms with Crippen molar-refractivity contribution in [1.29, 1.82) is 0 Å². The molecule has 1 amide bonds. The zero-order valence-electron chi connectivity index (χ0n) is 14.8. The van der Waals surface area contributed by atoms with Crippen molar-refractivity contribution >= 4 is 29.1 Å². The van der Waals surface area contributed by atoms with Crippen LogP contribution < -0.4 is 16.0 Å². The number of halogens is 1. The number of nitrogens with zero attached hydrogens (tertiary/aromatic N) is 3. The Morgan fingerprint density at radius 2 is 2.00 bits per heavy atom. The van der Waals surface area contributed by atoms with Crippen LogP contribution in [0.5, 0.6) is 0 Å². The van der Waals surface area contributed by atoms with Crippen LogP contribution >= 0.6 is 11.6 Å². The molecule has 1 heterocycles. The SMILES string of the molecule is CC(C)CN(C)c1nc(N)c(C(=O)NCC2CCCCC2)nc1Cl. The average Bonchev–Trinajstić information content (AvgIpc) is 2.54. The second kappa shape index (κ2) is 8.51. The third kappa shape index (κ3) is 4.97. The normalized spacial score (nSPS) is 15.5. The first-order chi connectivity index (χ1) is 11.4. The molecule has 1 aromatic rings. The van der Waals surface area contributed by atoms with E-state index < -0.39 is 0 Å². The molecule has 0 unspecified atom stereocenters. The van der Waals surface area contributed by atoms with Crippen LogP contribution in [0.15, 0.2) is 0 Å². The van der Waals surface area contributed by atoms with Crippen LogP contribution in [0.25, 0.3) is 0 Å². The molecule has 6 nitrogen and oxygen atoms in total. The molecule has 0 bridgehead atoms. The van der Waals surface area contributed by atoms with Gasteiger partial charge in [-0.1, -0.05) is 44.7 Å². The number of nitrogen functional groups attached to an aromatic ring is 1. The zero-order chi connectivity index (χ0) is 17.7. The van der Waals surface area contributed by atoms with E-state index in [0.717, 1.165) is 6.54 Å². The van der Waals surface area contributed by atoms with Crippen molar-refractivity contribution in [3.8, 4) is 0 Å². The van der Waals surface area contributed by atoms with Gasteiger partial charge < -0.3 is 16.0 Å². The summed E-state index contributed by atoms with van der Waals surface area (Å²) in [5, 5.41) is 3.13. The highest BCUT2D eigenvalue weighted by molar-refractivity contribution is 6.32. The van der Waals surface area contributed by atoms with Gasteiger partial charge in [0.1, 0.15) is 0 Å². The first kappa shape index (κ1) is 18.8. The van der Waals surface area contributed by atoms with E-state index in [-0.39, 0.29) is 22.6 Å². The molecule has 0 aromatic carbocycles. The van der Waals surface area contributed by atoms with Gasteiger partial charge in [-0.05, 0) is 24.7 Å². The fourth-order valence-corrected chi connectivity index (χ4v) is 3.45. The Labute approximate surface area is 149 Å². The minimum atomic E-state index is -0.300. The molecule has 1 aliphatic carbocycles. The maximum atomic E-state index is 12.4. The standard InChI is InChI=1S/C17H28ClN5O/c1-11(2)10-23(3)16-14(18)21-13(15(19)22-16)17(24)20-9-12-7-5-4-6-8-12/h11-12H,4-10H2,1-3H3,(H2,19,22)(H,20,24). The molecule has 3 N–H and O–H groups in total. The van der Waals surface area contributed by atoms with Crippen LogP contribution in [0.1, 0.15) is 56.4 Å². The number of nitrogens with one attached hydrogen (secondary N) is 1. The molecule has 2 rings (SSSR count). The van der Waals surface area contributed by atoms with Crippen molar-refractivity contribution in [3.05, 3.63) is 10.8 Å². The fourth-order valence-electron chi connectivity index (χ4n) is 3.17. The van der Waals surface area contributed by atoms with Crippen LogP contribution in [-0.4, -0.2) is 36.0 Å². The number of aromatic nitrogens is 2. The Hall–Kier alpha value is -1.56. The highest BCUT2D eigenvalue weighted by atomic mass is 35.5. The van der Waals surface area contributed by atoms with Gasteiger partial charge in [0, 0.05) is 20.1 Å². The molecule has 7 heteroatoms. The van der Waals surface area contributed by atoms with E-state index in [1.54, 1.807) is 0 Å². The summed E-state index contributed by atoms with van der Waals surface area (Å²) in [7, 11) is 1.89. The molecule has 0 saturated heterocycles. The van der Waals surface area contributed by atoms with Crippen LogP contribution in [0.2, 0.25) is 5.15 Å². The van der Waals surface area contributed by atoms with E-state index >= 15 is 0 Å². The highest BCUT2D eigenvalue weighted by Gasteiger charge is 2.20. The van der Waals surface area contributed by atoms with E-state index in [2.05, 4.69) is 29.1 Å². The summed E-state index contributed by atoms with van der Waals surface area (Å²) in [5.41, 5.74) is 6.06. The predicted molar refractivity (Wildman–Crippen MR) is 98.5 cm³/mol. The van der Waals surface area contributed by atoms with E-state index in [9.17, 15) is 4.79 Å². The largest absolute Gasteiger partial charge is 0.382 e. The Balaban J connectivity index is 2.04.